The minimum atomic E-state index is -0.967. The number of nitrogens with zero attached hydrogens (tertiary/aromatic N) is 2. The van der Waals surface area contributed by atoms with Gasteiger partial charge < -0.3 is 15.1 Å². The van der Waals surface area contributed by atoms with Gasteiger partial charge in [-0.25, -0.2) is 13.6 Å². The quantitative estimate of drug-likeness (QED) is 0.552. The van der Waals surface area contributed by atoms with Gasteiger partial charge in [-0.2, -0.15) is 0 Å². The van der Waals surface area contributed by atoms with Crippen molar-refractivity contribution in [3.8, 4) is 0 Å². The molecule has 2 saturated carbocycles. The highest BCUT2D eigenvalue weighted by Gasteiger charge is 2.54. The number of urea groups is 1. The van der Waals surface area contributed by atoms with E-state index in [1.165, 1.54) is 21.9 Å². The van der Waals surface area contributed by atoms with E-state index in [-0.39, 0.29) is 30.5 Å². The molecular weight excluding hydrogens is 506 g/mol. The van der Waals surface area contributed by atoms with Crippen LogP contribution in [0.3, 0.4) is 0 Å². The van der Waals surface area contributed by atoms with Crippen LogP contribution in [-0.2, 0) is 33.8 Å². The van der Waals surface area contributed by atoms with Crippen LogP contribution in [0.15, 0.2) is 36.4 Å². The van der Waals surface area contributed by atoms with E-state index in [9.17, 15) is 28.0 Å². The van der Waals surface area contributed by atoms with Gasteiger partial charge in [0, 0.05) is 43.6 Å². The van der Waals surface area contributed by atoms with Crippen LogP contribution in [-0.4, -0.2) is 52.7 Å². The third kappa shape index (κ3) is 4.35. The summed E-state index contributed by atoms with van der Waals surface area (Å²) in [5, 5.41) is 5.21. The number of hydrogen-bond acceptors (Lipinski definition) is 4. The van der Waals surface area contributed by atoms with Crippen molar-refractivity contribution < 1.29 is 28.0 Å². The van der Waals surface area contributed by atoms with E-state index < -0.39 is 34.5 Å². The lowest BCUT2D eigenvalue weighted by Crippen LogP contribution is -2.48. The molecule has 10 heteroatoms. The number of carbonyl (C=O) groups is 4. The van der Waals surface area contributed by atoms with Crippen molar-refractivity contribution in [2.45, 2.75) is 57.0 Å². The van der Waals surface area contributed by atoms with E-state index in [0.717, 1.165) is 49.3 Å². The normalized spacial score (nSPS) is 26.7. The summed E-state index contributed by atoms with van der Waals surface area (Å²) < 4.78 is 27.8. The molecule has 0 radical (unpaired) electrons. The summed E-state index contributed by atoms with van der Waals surface area (Å²) in [6.07, 6.45) is 5.01. The molecule has 0 aromatic heterocycles. The van der Waals surface area contributed by atoms with Gasteiger partial charge in [0.2, 0.25) is 11.8 Å². The van der Waals surface area contributed by atoms with Gasteiger partial charge in [-0.05, 0) is 79.0 Å². The number of imide groups is 1. The van der Waals surface area contributed by atoms with Gasteiger partial charge in [-0.15, -0.1) is 0 Å². The number of benzene rings is 2. The van der Waals surface area contributed by atoms with Crippen LogP contribution >= 0.6 is 0 Å². The fourth-order valence-corrected chi connectivity index (χ4v) is 7.10. The van der Waals surface area contributed by atoms with Crippen molar-refractivity contribution >= 4 is 29.4 Å². The summed E-state index contributed by atoms with van der Waals surface area (Å²) in [7, 11) is 1.60. The Morgan fingerprint density at radius 1 is 1.05 bits per heavy atom. The summed E-state index contributed by atoms with van der Waals surface area (Å²) >= 11 is 0. The first-order chi connectivity index (χ1) is 18.6. The molecule has 1 atom stereocenters. The monoisotopic (exact) mass is 536 g/mol. The van der Waals surface area contributed by atoms with Gasteiger partial charge in [-0.1, -0.05) is 6.07 Å². The van der Waals surface area contributed by atoms with Crippen LogP contribution in [0.25, 0.3) is 0 Å². The van der Waals surface area contributed by atoms with E-state index in [1.54, 1.807) is 19.2 Å². The third-order valence-electron chi connectivity index (χ3n) is 9.16. The number of anilines is 1. The molecule has 1 spiro atoms. The summed E-state index contributed by atoms with van der Waals surface area (Å²) in [6, 6.07) is 8.07. The first kappa shape index (κ1) is 25.5. The standard InChI is InChI=1S/C29H30F2N4O4/c1-34-27(39)33-25(37)29(34)13-19-2-3-23(10-20(19)14-29)32-24(36)16-35(15-18-8-21(30)11-22(31)9-18)26(38)28-6-4-17(12-28)5-7-28/h2-3,8-11,17H,4-7,12-16H2,1H3,(H,32,36)(H,33,37,39)/t17?,28?,29-/m0/s1. The Labute approximate surface area is 224 Å². The second kappa shape index (κ2) is 9.14. The Hall–Kier alpha value is -3.82. The largest absolute Gasteiger partial charge is 0.329 e. The predicted octanol–water partition coefficient (Wildman–Crippen LogP) is 3.53. The number of amides is 5. The van der Waals surface area contributed by atoms with E-state index in [1.807, 2.05) is 6.07 Å². The Kier molecular flexibility index (Phi) is 5.96. The minimum Gasteiger partial charge on any atom is -0.329 e. The minimum absolute atomic E-state index is 0.0739. The van der Waals surface area contributed by atoms with Crippen LogP contribution in [0, 0.1) is 23.0 Å². The van der Waals surface area contributed by atoms with Crippen molar-refractivity contribution in [2.75, 3.05) is 18.9 Å². The smallest absolute Gasteiger partial charge is 0.324 e. The van der Waals surface area contributed by atoms with E-state index in [0.29, 0.717) is 24.4 Å². The van der Waals surface area contributed by atoms with Gasteiger partial charge in [-0.3, -0.25) is 19.7 Å². The predicted molar refractivity (Wildman–Crippen MR) is 137 cm³/mol. The maximum absolute atomic E-state index is 13.9. The van der Waals surface area contributed by atoms with Crippen molar-refractivity contribution in [2.24, 2.45) is 11.3 Å². The zero-order valence-corrected chi connectivity index (χ0v) is 21.7. The lowest BCUT2D eigenvalue weighted by molar-refractivity contribution is -0.144. The van der Waals surface area contributed by atoms with Crippen LogP contribution < -0.4 is 10.6 Å². The van der Waals surface area contributed by atoms with Crippen molar-refractivity contribution in [1.29, 1.82) is 0 Å². The average Bonchev–Trinajstić information content (AvgIpc) is 3.63. The highest BCUT2D eigenvalue weighted by Crippen LogP contribution is 2.55. The first-order valence-corrected chi connectivity index (χ1v) is 13.3. The molecule has 1 saturated heterocycles. The van der Waals surface area contributed by atoms with E-state index in [2.05, 4.69) is 10.6 Å². The molecule has 204 valence electrons. The molecule has 1 heterocycles. The molecule has 2 N–H and O–H groups in total. The van der Waals surface area contributed by atoms with Gasteiger partial charge in [0.25, 0.3) is 5.91 Å². The molecule has 3 aliphatic carbocycles. The van der Waals surface area contributed by atoms with Crippen molar-refractivity contribution in [3.05, 3.63) is 64.7 Å². The molecule has 4 aliphatic rings. The second-order valence-electron chi connectivity index (χ2n) is 11.6. The van der Waals surface area contributed by atoms with Crippen molar-refractivity contribution in [3.63, 3.8) is 0 Å². The second-order valence-corrected chi connectivity index (χ2v) is 11.6. The topological polar surface area (TPSA) is 98.8 Å². The molecule has 39 heavy (non-hydrogen) atoms. The number of rotatable bonds is 6. The van der Waals surface area contributed by atoms with Crippen LogP contribution in [0.1, 0.15) is 48.8 Å². The van der Waals surface area contributed by atoms with E-state index in [4.69, 9.17) is 0 Å². The Morgan fingerprint density at radius 2 is 1.74 bits per heavy atom. The van der Waals surface area contributed by atoms with Gasteiger partial charge in [0.05, 0.1) is 0 Å². The lowest BCUT2D eigenvalue weighted by atomic mass is 9.82. The fourth-order valence-electron chi connectivity index (χ4n) is 7.10. The molecule has 2 aromatic carbocycles. The molecule has 8 nitrogen and oxygen atoms in total. The van der Waals surface area contributed by atoms with Gasteiger partial charge in [0.15, 0.2) is 0 Å². The zero-order valence-electron chi connectivity index (χ0n) is 21.7. The number of likely N-dealkylation sites (N-methyl/N-ethyl adjacent to an activating group) is 1. The highest BCUT2D eigenvalue weighted by atomic mass is 19.1. The SMILES string of the molecule is CN1C(=O)NC(=O)[C@@]12Cc1ccc(NC(=O)CN(Cc3cc(F)cc(F)c3)C(=O)C34CCC(CC3)C4)cc1C2. The summed E-state index contributed by atoms with van der Waals surface area (Å²) in [5.41, 5.74) is 1.09. The maximum atomic E-state index is 13.9. The van der Waals surface area contributed by atoms with Crippen LogP contribution in [0.2, 0.25) is 0 Å². The molecule has 2 bridgehead atoms. The summed E-state index contributed by atoms with van der Waals surface area (Å²) in [6.45, 7) is -0.334. The van der Waals surface area contributed by atoms with Crippen LogP contribution in [0.4, 0.5) is 19.3 Å². The first-order valence-electron chi connectivity index (χ1n) is 13.3. The zero-order chi connectivity index (χ0) is 27.5. The van der Waals surface area contributed by atoms with Crippen molar-refractivity contribution in [1.82, 2.24) is 15.1 Å². The molecule has 5 amide bonds. The average molecular weight is 537 g/mol. The molecule has 1 aliphatic heterocycles. The number of hydrogen-bond donors (Lipinski definition) is 2. The maximum Gasteiger partial charge on any atom is 0.324 e. The highest BCUT2D eigenvalue weighted by molar-refractivity contribution is 6.07. The van der Waals surface area contributed by atoms with E-state index >= 15 is 0 Å². The van der Waals surface area contributed by atoms with Gasteiger partial charge >= 0.3 is 6.03 Å². The fraction of sp³-hybridized carbons (Fsp3) is 0.448. The number of fused-ring (bicyclic) bond motifs is 3. The third-order valence-corrected chi connectivity index (χ3v) is 9.16. The number of carbonyl (C=O) groups excluding carboxylic acids is 4. The lowest BCUT2D eigenvalue weighted by Gasteiger charge is -2.33. The molecule has 2 aromatic rings. The molecule has 6 rings (SSSR count). The molecule has 3 fully saturated rings. The summed E-state index contributed by atoms with van der Waals surface area (Å²) in [4.78, 5) is 54.4. The Morgan fingerprint density at radius 3 is 2.36 bits per heavy atom. The molecular formula is C29H30F2N4O4. The van der Waals surface area contributed by atoms with Crippen LogP contribution in [0.5, 0.6) is 0 Å². The van der Waals surface area contributed by atoms with Gasteiger partial charge in [0.1, 0.15) is 23.7 Å². The number of nitrogens with one attached hydrogen (secondary N) is 2. The summed E-state index contributed by atoms with van der Waals surface area (Å²) in [5.74, 6) is -1.86. The Bertz CT molecular complexity index is 1380. The number of halogens is 2. The molecule has 0 unspecified atom stereocenters. The Balaban J connectivity index is 1.19.